The quantitative estimate of drug-likeness (QED) is 0.643. The highest BCUT2D eigenvalue weighted by Crippen LogP contribution is 1.84. The van der Waals surface area contributed by atoms with Crippen LogP contribution in [0.3, 0.4) is 0 Å². The first kappa shape index (κ1) is 11.9. The van der Waals surface area contributed by atoms with Gasteiger partial charge in [-0.2, -0.15) is 0 Å². The second-order valence-corrected chi connectivity index (χ2v) is 4.00. The Hall–Kier alpha value is 0.200. The molecule has 0 rings (SSSR count). The number of hydrogen-bond acceptors (Lipinski definition) is 3. The maximum absolute atomic E-state index is 10.5. The number of rotatable bonds is 3. The van der Waals surface area contributed by atoms with Gasteiger partial charge in [0, 0.05) is 12.3 Å². The van der Waals surface area contributed by atoms with Gasteiger partial charge in [0.2, 0.25) is 0 Å². The van der Waals surface area contributed by atoms with E-state index < -0.39 is 9.84 Å². The predicted octanol–water partition coefficient (Wildman–Crippen LogP) is -0.198. The maximum atomic E-state index is 10.5. The number of halogens is 1. The van der Waals surface area contributed by atoms with Gasteiger partial charge < -0.3 is 5.73 Å². The largest absolute Gasteiger partial charge is 0.329 e. The summed E-state index contributed by atoms with van der Waals surface area (Å²) in [4.78, 5) is 0. The van der Waals surface area contributed by atoms with E-state index in [1.807, 2.05) is 0 Å². The summed E-state index contributed by atoms with van der Waals surface area (Å²) in [6.07, 6.45) is 0. The summed E-state index contributed by atoms with van der Waals surface area (Å²) in [5.74, 6) is 0.313. The van der Waals surface area contributed by atoms with Gasteiger partial charge in [-0.3, -0.25) is 0 Å². The smallest absolute Gasteiger partial charge is 0.151 e. The van der Waals surface area contributed by atoms with Crippen molar-refractivity contribution in [1.82, 2.24) is 0 Å². The fourth-order valence-electron chi connectivity index (χ4n) is 0.324. The van der Waals surface area contributed by atoms with Gasteiger partial charge in [-0.05, 0) is 0 Å². The minimum atomic E-state index is -2.79. The van der Waals surface area contributed by atoms with Crippen molar-refractivity contribution in [2.75, 3.05) is 18.1 Å². The zero-order valence-corrected chi connectivity index (χ0v) is 6.96. The summed E-state index contributed by atoms with van der Waals surface area (Å²) in [6.45, 7) is 1.85. The average molecular weight is 174 g/mol. The molecule has 0 saturated carbocycles. The van der Waals surface area contributed by atoms with E-state index in [9.17, 15) is 8.42 Å². The summed E-state index contributed by atoms with van der Waals surface area (Å²) in [6, 6.07) is 0. The Morgan fingerprint density at radius 2 is 1.89 bits per heavy atom. The van der Waals surface area contributed by atoms with Crippen LogP contribution in [0.15, 0.2) is 0 Å². The van der Waals surface area contributed by atoms with E-state index in [2.05, 4.69) is 0 Å². The van der Waals surface area contributed by atoms with Crippen LogP contribution in [0, 0.1) is 0 Å². The predicted molar refractivity (Wildman–Crippen MR) is 40.6 cm³/mol. The van der Waals surface area contributed by atoms with Crippen LogP contribution >= 0.6 is 12.4 Å². The Morgan fingerprint density at radius 1 is 1.44 bits per heavy atom. The van der Waals surface area contributed by atoms with Crippen molar-refractivity contribution in [3.05, 3.63) is 0 Å². The lowest BCUT2D eigenvalue weighted by Crippen LogP contribution is -2.16. The van der Waals surface area contributed by atoms with Crippen molar-refractivity contribution in [3.8, 4) is 0 Å². The van der Waals surface area contributed by atoms with Crippen molar-refractivity contribution in [1.29, 1.82) is 0 Å². The Labute approximate surface area is 62.0 Å². The molecule has 3 nitrogen and oxygen atoms in total. The topological polar surface area (TPSA) is 60.2 Å². The number of hydrogen-bond donors (Lipinski definition) is 1. The van der Waals surface area contributed by atoms with Crippen LogP contribution in [-0.2, 0) is 9.84 Å². The van der Waals surface area contributed by atoms with Crippen LogP contribution in [0.1, 0.15) is 6.92 Å². The van der Waals surface area contributed by atoms with Crippen molar-refractivity contribution >= 4 is 22.2 Å². The SMILES string of the molecule is CCS(=O)(=O)CCN.Cl. The molecule has 0 heterocycles. The van der Waals surface area contributed by atoms with Crippen LogP contribution in [0.25, 0.3) is 0 Å². The van der Waals surface area contributed by atoms with Crippen molar-refractivity contribution in [3.63, 3.8) is 0 Å². The van der Waals surface area contributed by atoms with Crippen molar-refractivity contribution in [2.24, 2.45) is 5.73 Å². The lowest BCUT2D eigenvalue weighted by atomic mass is 10.8. The molecule has 0 atom stereocenters. The first-order valence-electron chi connectivity index (χ1n) is 2.53. The molecule has 0 aromatic rings. The second kappa shape index (κ2) is 5.02. The molecule has 0 amide bonds. The first-order chi connectivity index (χ1) is 3.62. The molecule has 0 aromatic heterocycles. The standard InChI is InChI=1S/C4H11NO2S.ClH/c1-2-8(6,7)4-3-5;/h2-5H2,1H3;1H. The van der Waals surface area contributed by atoms with Gasteiger partial charge in [0.05, 0.1) is 5.75 Å². The first-order valence-corrected chi connectivity index (χ1v) is 4.35. The summed E-state index contributed by atoms with van der Waals surface area (Å²) in [5, 5.41) is 0. The van der Waals surface area contributed by atoms with Gasteiger partial charge in [0.1, 0.15) is 0 Å². The summed E-state index contributed by atoms with van der Waals surface area (Å²) >= 11 is 0. The third-order valence-corrected chi connectivity index (χ3v) is 2.61. The molecule has 0 unspecified atom stereocenters. The van der Waals surface area contributed by atoms with Gasteiger partial charge in [-0.25, -0.2) is 8.42 Å². The molecule has 0 radical (unpaired) electrons. The van der Waals surface area contributed by atoms with Crippen LogP contribution < -0.4 is 5.73 Å². The van der Waals surface area contributed by atoms with E-state index in [4.69, 9.17) is 5.73 Å². The normalized spacial score (nSPS) is 10.4. The molecule has 0 bridgehead atoms. The molecule has 0 aromatic carbocycles. The van der Waals surface area contributed by atoms with E-state index in [1.54, 1.807) is 6.92 Å². The molecule has 9 heavy (non-hydrogen) atoms. The summed E-state index contributed by atoms with van der Waals surface area (Å²) in [7, 11) is -2.79. The zero-order valence-electron chi connectivity index (χ0n) is 5.33. The Balaban J connectivity index is 0. The van der Waals surface area contributed by atoms with E-state index in [0.29, 0.717) is 0 Å². The lowest BCUT2D eigenvalue weighted by molar-refractivity contribution is 0.597. The molecule has 0 fully saturated rings. The second-order valence-electron chi connectivity index (χ2n) is 1.53. The fraction of sp³-hybridized carbons (Fsp3) is 1.00. The lowest BCUT2D eigenvalue weighted by Gasteiger charge is -1.93. The van der Waals surface area contributed by atoms with Crippen LogP contribution in [0.2, 0.25) is 0 Å². The highest BCUT2D eigenvalue weighted by atomic mass is 35.5. The van der Waals surface area contributed by atoms with Crippen LogP contribution in [0.4, 0.5) is 0 Å². The molecule has 0 aliphatic carbocycles. The van der Waals surface area contributed by atoms with E-state index in [1.165, 1.54) is 0 Å². The third-order valence-electron chi connectivity index (χ3n) is 0.869. The summed E-state index contributed by atoms with van der Waals surface area (Å²) in [5.41, 5.74) is 5.01. The fourth-order valence-corrected chi connectivity index (χ4v) is 0.972. The molecule has 58 valence electrons. The van der Waals surface area contributed by atoms with Gasteiger partial charge in [-0.15, -0.1) is 12.4 Å². The van der Waals surface area contributed by atoms with Crippen LogP contribution in [0.5, 0.6) is 0 Å². The number of sulfone groups is 1. The summed E-state index contributed by atoms with van der Waals surface area (Å²) < 4.78 is 21.0. The van der Waals surface area contributed by atoms with Crippen molar-refractivity contribution in [2.45, 2.75) is 6.92 Å². The van der Waals surface area contributed by atoms with E-state index >= 15 is 0 Å². The highest BCUT2D eigenvalue weighted by Gasteiger charge is 2.02. The molecule has 2 N–H and O–H groups in total. The van der Waals surface area contributed by atoms with E-state index in [0.717, 1.165) is 0 Å². The van der Waals surface area contributed by atoms with Crippen molar-refractivity contribution < 1.29 is 8.42 Å². The van der Waals surface area contributed by atoms with Gasteiger partial charge in [-0.1, -0.05) is 6.92 Å². The molecule has 5 heteroatoms. The highest BCUT2D eigenvalue weighted by molar-refractivity contribution is 7.91. The minimum absolute atomic E-state index is 0. The molecule has 0 aliphatic rings. The van der Waals surface area contributed by atoms with Gasteiger partial charge in [0.25, 0.3) is 0 Å². The Bertz CT molecular complexity index is 143. The maximum Gasteiger partial charge on any atom is 0.151 e. The molecule has 0 aliphatic heterocycles. The molecule has 0 spiro atoms. The van der Waals surface area contributed by atoms with E-state index in [-0.39, 0.29) is 30.5 Å². The Morgan fingerprint density at radius 3 is 2.00 bits per heavy atom. The number of nitrogens with two attached hydrogens (primary N) is 1. The zero-order chi connectivity index (χ0) is 6.62. The Kier molecular flexibility index (Phi) is 6.66. The van der Waals surface area contributed by atoms with Gasteiger partial charge >= 0.3 is 0 Å². The molecular weight excluding hydrogens is 162 g/mol. The third kappa shape index (κ3) is 6.08. The minimum Gasteiger partial charge on any atom is -0.329 e. The monoisotopic (exact) mass is 173 g/mol. The van der Waals surface area contributed by atoms with Crippen LogP contribution in [-0.4, -0.2) is 26.5 Å². The van der Waals surface area contributed by atoms with Gasteiger partial charge in [0.15, 0.2) is 9.84 Å². The molecular formula is C4H12ClNO2S. The molecule has 0 saturated heterocycles. The average Bonchev–Trinajstić information content (AvgIpc) is 1.67.